The Morgan fingerprint density at radius 3 is 2.55 bits per heavy atom. The van der Waals surface area contributed by atoms with Crippen LogP contribution in [0.2, 0.25) is 0 Å². The lowest BCUT2D eigenvalue weighted by Crippen LogP contribution is -2.53. The van der Waals surface area contributed by atoms with Gasteiger partial charge in [-0.25, -0.2) is 0 Å². The Morgan fingerprint density at radius 2 is 1.95 bits per heavy atom. The molecule has 0 bridgehead atoms. The highest BCUT2D eigenvalue weighted by Gasteiger charge is 2.36. The van der Waals surface area contributed by atoms with Crippen LogP contribution in [0.4, 0.5) is 0 Å². The van der Waals surface area contributed by atoms with Crippen LogP contribution in [-0.2, 0) is 16.0 Å². The molecule has 5 nitrogen and oxygen atoms in total. The third kappa shape index (κ3) is 3.40. The molecule has 1 aliphatic heterocycles. The minimum absolute atomic E-state index is 0.0213. The normalized spacial score (nSPS) is 18.5. The summed E-state index contributed by atoms with van der Waals surface area (Å²) in [4.78, 5) is 28.0. The summed E-state index contributed by atoms with van der Waals surface area (Å²) in [5, 5.41) is 0. The Labute approximate surface area is 130 Å². The maximum Gasteiger partial charge on any atom is 0.242 e. The molecule has 1 aromatic carbocycles. The first-order chi connectivity index (χ1) is 10.7. The number of hydrogen-bond acceptors (Lipinski definition) is 3. The van der Waals surface area contributed by atoms with E-state index in [0.29, 0.717) is 32.2 Å². The van der Waals surface area contributed by atoms with E-state index >= 15 is 0 Å². The zero-order valence-corrected chi connectivity index (χ0v) is 13.0. The molecule has 0 atom stereocenters. The van der Waals surface area contributed by atoms with Gasteiger partial charge in [-0.15, -0.1) is 0 Å². The van der Waals surface area contributed by atoms with Gasteiger partial charge in [0.05, 0.1) is 19.6 Å². The maximum atomic E-state index is 12.3. The topological polar surface area (TPSA) is 49.9 Å². The summed E-state index contributed by atoms with van der Waals surface area (Å²) < 4.78 is 5.39. The Balaban J connectivity index is 1.54. The number of nitrogens with zero attached hydrogens (tertiary/aromatic N) is 2. The highest BCUT2D eigenvalue weighted by atomic mass is 16.5. The summed E-state index contributed by atoms with van der Waals surface area (Å²) in [5.74, 6) is 0.925. The second-order valence-electron chi connectivity index (χ2n) is 5.89. The standard InChI is InChI=1S/C17H22N2O3/c1-2-22-15-7-3-13(4-8-15)11-16(20)18-9-10-19(14-5-6-14)17(21)12-18/h3-4,7-8,14H,2,5-6,9-12H2,1H3. The second kappa shape index (κ2) is 6.38. The molecule has 1 aromatic rings. The van der Waals surface area contributed by atoms with Crippen LogP contribution >= 0.6 is 0 Å². The van der Waals surface area contributed by atoms with Gasteiger partial charge in [0, 0.05) is 19.1 Å². The quantitative estimate of drug-likeness (QED) is 0.827. The number of amides is 2. The molecule has 118 valence electrons. The van der Waals surface area contributed by atoms with Crippen LogP contribution in [0.5, 0.6) is 5.75 Å². The van der Waals surface area contributed by atoms with E-state index in [-0.39, 0.29) is 18.4 Å². The zero-order valence-electron chi connectivity index (χ0n) is 13.0. The predicted molar refractivity (Wildman–Crippen MR) is 82.6 cm³/mol. The van der Waals surface area contributed by atoms with E-state index in [1.807, 2.05) is 36.1 Å². The van der Waals surface area contributed by atoms with Crippen molar-refractivity contribution < 1.29 is 14.3 Å². The highest BCUT2D eigenvalue weighted by molar-refractivity contribution is 5.87. The number of carbonyl (C=O) groups is 2. The first-order valence-electron chi connectivity index (χ1n) is 7.96. The fourth-order valence-corrected chi connectivity index (χ4v) is 2.83. The molecule has 1 saturated carbocycles. The van der Waals surface area contributed by atoms with Gasteiger partial charge >= 0.3 is 0 Å². The summed E-state index contributed by atoms with van der Waals surface area (Å²) in [7, 11) is 0. The third-order valence-corrected chi connectivity index (χ3v) is 4.19. The molecule has 5 heteroatoms. The number of carbonyl (C=O) groups excluding carboxylic acids is 2. The van der Waals surface area contributed by atoms with Crippen molar-refractivity contribution in [3.63, 3.8) is 0 Å². The lowest BCUT2D eigenvalue weighted by Gasteiger charge is -2.34. The van der Waals surface area contributed by atoms with E-state index in [1.54, 1.807) is 4.90 Å². The molecule has 2 fully saturated rings. The van der Waals surface area contributed by atoms with Gasteiger partial charge in [0.25, 0.3) is 0 Å². The van der Waals surface area contributed by atoms with Gasteiger partial charge in [-0.1, -0.05) is 12.1 Å². The first kappa shape index (κ1) is 14.9. The van der Waals surface area contributed by atoms with Crippen LogP contribution in [0.25, 0.3) is 0 Å². The van der Waals surface area contributed by atoms with Gasteiger partial charge in [-0.3, -0.25) is 9.59 Å². The van der Waals surface area contributed by atoms with E-state index in [9.17, 15) is 9.59 Å². The van der Waals surface area contributed by atoms with Crippen molar-refractivity contribution in [2.75, 3.05) is 26.2 Å². The van der Waals surface area contributed by atoms with Crippen LogP contribution in [0, 0.1) is 0 Å². The molecule has 0 radical (unpaired) electrons. The number of ether oxygens (including phenoxy) is 1. The minimum atomic E-state index is 0.0213. The van der Waals surface area contributed by atoms with Crippen molar-refractivity contribution in [3.8, 4) is 5.75 Å². The molecule has 0 spiro atoms. The summed E-state index contributed by atoms with van der Waals surface area (Å²) in [6.45, 7) is 4.13. The van der Waals surface area contributed by atoms with Crippen LogP contribution in [0.1, 0.15) is 25.3 Å². The summed E-state index contributed by atoms with van der Waals surface area (Å²) in [6, 6.07) is 8.01. The molecule has 1 saturated heterocycles. The summed E-state index contributed by atoms with van der Waals surface area (Å²) in [6.07, 6.45) is 2.57. The Hall–Kier alpha value is -2.04. The van der Waals surface area contributed by atoms with Gasteiger partial charge in [0.2, 0.25) is 11.8 Å². The van der Waals surface area contributed by atoms with E-state index in [0.717, 1.165) is 24.2 Å². The summed E-state index contributed by atoms with van der Waals surface area (Å²) in [5.41, 5.74) is 0.950. The van der Waals surface area contributed by atoms with Crippen molar-refractivity contribution in [1.29, 1.82) is 0 Å². The molecule has 22 heavy (non-hydrogen) atoms. The predicted octanol–water partition coefficient (Wildman–Crippen LogP) is 1.46. The number of rotatable bonds is 5. The van der Waals surface area contributed by atoms with Gasteiger partial charge in [0.15, 0.2) is 0 Å². The first-order valence-corrected chi connectivity index (χ1v) is 7.96. The number of piperazine rings is 1. The van der Waals surface area contributed by atoms with Gasteiger partial charge < -0.3 is 14.5 Å². The minimum Gasteiger partial charge on any atom is -0.494 e. The van der Waals surface area contributed by atoms with Gasteiger partial charge in [-0.2, -0.15) is 0 Å². The number of benzene rings is 1. The zero-order chi connectivity index (χ0) is 15.5. The highest BCUT2D eigenvalue weighted by Crippen LogP contribution is 2.28. The van der Waals surface area contributed by atoms with Crippen LogP contribution < -0.4 is 4.74 Å². The van der Waals surface area contributed by atoms with E-state index < -0.39 is 0 Å². The van der Waals surface area contributed by atoms with Crippen molar-refractivity contribution in [1.82, 2.24) is 9.80 Å². The van der Waals surface area contributed by atoms with E-state index in [1.165, 1.54) is 0 Å². The molecule has 0 aromatic heterocycles. The van der Waals surface area contributed by atoms with Crippen LogP contribution in [0.15, 0.2) is 24.3 Å². The lowest BCUT2D eigenvalue weighted by atomic mass is 10.1. The molecule has 1 heterocycles. The average Bonchev–Trinajstić information content (AvgIpc) is 3.34. The SMILES string of the molecule is CCOc1ccc(CC(=O)N2CCN(C3CC3)C(=O)C2)cc1. The average molecular weight is 302 g/mol. The molecule has 2 aliphatic rings. The molecule has 0 unspecified atom stereocenters. The Morgan fingerprint density at radius 1 is 1.23 bits per heavy atom. The smallest absolute Gasteiger partial charge is 0.242 e. The fourth-order valence-electron chi connectivity index (χ4n) is 2.83. The van der Waals surface area contributed by atoms with Crippen LogP contribution in [0.3, 0.4) is 0 Å². The Kier molecular flexibility index (Phi) is 4.32. The molecule has 0 N–H and O–H groups in total. The van der Waals surface area contributed by atoms with E-state index in [2.05, 4.69) is 0 Å². The summed E-state index contributed by atoms with van der Waals surface area (Å²) >= 11 is 0. The van der Waals surface area contributed by atoms with Crippen LogP contribution in [-0.4, -0.2) is 53.9 Å². The fraction of sp³-hybridized carbons (Fsp3) is 0.529. The van der Waals surface area contributed by atoms with Gasteiger partial charge in [-0.05, 0) is 37.5 Å². The molecule has 3 rings (SSSR count). The largest absolute Gasteiger partial charge is 0.494 e. The molecule has 1 aliphatic carbocycles. The molecular formula is C17H22N2O3. The monoisotopic (exact) mass is 302 g/mol. The van der Waals surface area contributed by atoms with Crippen molar-refractivity contribution in [2.45, 2.75) is 32.2 Å². The molecule has 2 amide bonds. The van der Waals surface area contributed by atoms with Crippen molar-refractivity contribution in [2.24, 2.45) is 0 Å². The third-order valence-electron chi connectivity index (χ3n) is 4.19. The second-order valence-corrected chi connectivity index (χ2v) is 5.89. The Bertz CT molecular complexity index is 552. The lowest BCUT2D eigenvalue weighted by molar-refractivity contribution is -0.145. The maximum absolute atomic E-state index is 12.3. The van der Waals surface area contributed by atoms with Crippen molar-refractivity contribution in [3.05, 3.63) is 29.8 Å². The molecular weight excluding hydrogens is 280 g/mol. The number of hydrogen-bond donors (Lipinski definition) is 0. The van der Waals surface area contributed by atoms with Gasteiger partial charge in [0.1, 0.15) is 5.75 Å². The van der Waals surface area contributed by atoms with E-state index in [4.69, 9.17) is 4.74 Å². The van der Waals surface area contributed by atoms with Crippen molar-refractivity contribution >= 4 is 11.8 Å².